The van der Waals surface area contributed by atoms with Crippen LogP contribution in [0.4, 0.5) is 0 Å². The van der Waals surface area contributed by atoms with Gasteiger partial charge >= 0.3 is 0 Å². The highest BCUT2D eigenvalue weighted by Crippen LogP contribution is 2.30. The zero-order valence-electron chi connectivity index (χ0n) is 17.6. The Kier molecular flexibility index (Phi) is 6.93. The summed E-state index contributed by atoms with van der Waals surface area (Å²) in [6.07, 6.45) is 3.87. The number of carbonyl (C=O) groups is 1. The fourth-order valence-corrected chi connectivity index (χ4v) is 4.55. The Balaban J connectivity index is 1.47. The zero-order valence-corrected chi connectivity index (χ0v) is 19.1. The molecule has 32 heavy (non-hydrogen) atoms. The average Bonchev–Trinajstić information content (AvgIpc) is 3.37. The minimum absolute atomic E-state index is 0.0208. The second kappa shape index (κ2) is 10.0. The molecule has 2 heterocycles. The van der Waals surface area contributed by atoms with Crippen LogP contribution in [0.15, 0.2) is 87.9 Å². The molecule has 0 spiro atoms. The van der Waals surface area contributed by atoms with Gasteiger partial charge in [0.1, 0.15) is 11.5 Å². The van der Waals surface area contributed by atoms with Gasteiger partial charge < -0.3 is 4.42 Å². The second-order valence-electron chi connectivity index (χ2n) is 7.37. The zero-order chi connectivity index (χ0) is 22.5. The highest BCUT2D eigenvalue weighted by atomic mass is 35.5. The van der Waals surface area contributed by atoms with E-state index in [1.807, 2.05) is 43.3 Å². The van der Waals surface area contributed by atoms with Crippen molar-refractivity contribution in [3.05, 3.63) is 95.2 Å². The first-order valence-corrected chi connectivity index (χ1v) is 11.4. The van der Waals surface area contributed by atoms with Gasteiger partial charge in [-0.2, -0.15) is 5.10 Å². The lowest BCUT2D eigenvalue weighted by Gasteiger charge is -2.12. The lowest BCUT2D eigenvalue weighted by molar-refractivity contribution is -0.125. The van der Waals surface area contributed by atoms with Gasteiger partial charge in [-0.3, -0.25) is 9.69 Å². The Hall–Kier alpha value is -3.09. The summed E-state index contributed by atoms with van der Waals surface area (Å²) in [6, 6.07) is 19.3. The molecule has 5 nitrogen and oxygen atoms in total. The lowest BCUT2D eigenvalue weighted by atomic mass is 10.1. The van der Waals surface area contributed by atoms with E-state index >= 15 is 0 Å². The van der Waals surface area contributed by atoms with Crippen molar-refractivity contribution in [3.8, 4) is 11.3 Å². The molecule has 1 atom stereocenters. The van der Waals surface area contributed by atoms with Crippen LogP contribution < -0.4 is 0 Å². The molecule has 0 unspecified atom stereocenters. The van der Waals surface area contributed by atoms with Gasteiger partial charge in [0.25, 0.3) is 0 Å². The van der Waals surface area contributed by atoms with Crippen LogP contribution in [0.5, 0.6) is 0 Å². The lowest BCUT2D eigenvalue weighted by Crippen LogP contribution is -2.32. The van der Waals surface area contributed by atoms with Crippen molar-refractivity contribution >= 4 is 40.7 Å². The van der Waals surface area contributed by atoms with Gasteiger partial charge in [-0.25, -0.2) is 0 Å². The second-order valence-corrected chi connectivity index (χ2v) is 8.98. The van der Waals surface area contributed by atoms with Crippen LogP contribution >= 0.6 is 23.4 Å². The Bertz CT molecular complexity index is 1170. The maximum atomic E-state index is 12.9. The molecule has 7 heteroatoms. The maximum Gasteiger partial charge on any atom is 0.242 e. The van der Waals surface area contributed by atoms with Crippen molar-refractivity contribution < 1.29 is 9.21 Å². The third-order valence-electron chi connectivity index (χ3n) is 4.96. The summed E-state index contributed by atoms with van der Waals surface area (Å²) < 4.78 is 5.81. The van der Waals surface area contributed by atoms with E-state index < -0.39 is 0 Å². The third-order valence-corrected chi connectivity index (χ3v) is 6.37. The first-order valence-electron chi connectivity index (χ1n) is 10.1. The highest BCUT2D eigenvalue weighted by Gasteiger charge is 2.37. The minimum atomic E-state index is -0.230. The van der Waals surface area contributed by atoms with E-state index in [1.54, 1.807) is 11.0 Å². The molecule has 2 aromatic carbocycles. The van der Waals surface area contributed by atoms with Gasteiger partial charge in [0.15, 0.2) is 5.17 Å². The van der Waals surface area contributed by atoms with E-state index in [1.165, 1.54) is 23.5 Å². The summed E-state index contributed by atoms with van der Waals surface area (Å²) in [7, 11) is 0. The number of hydrogen-bond acceptors (Lipinski definition) is 5. The molecule has 1 aromatic heterocycles. The molecule has 1 saturated heterocycles. The van der Waals surface area contributed by atoms with Crippen molar-refractivity contribution in [1.29, 1.82) is 0 Å². The Morgan fingerprint density at radius 1 is 1.12 bits per heavy atom. The van der Waals surface area contributed by atoms with Gasteiger partial charge in [-0.1, -0.05) is 59.3 Å². The van der Waals surface area contributed by atoms with Crippen LogP contribution in [0.1, 0.15) is 16.9 Å². The Morgan fingerprint density at radius 2 is 1.88 bits per heavy atom. The Labute approximate surface area is 196 Å². The molecule has 1 fully saturated rings. The first kappa shape index (κ1) is 22.1. The van der Waals surface area contributed by atoms with Crippen molar-refractivity contribution in [2.24, 2.45) is 10.2 Å². The third kappa shape index (κ3) is 5.21. The van der Waals surface area contributed by atoms with Crippen molar-refractivity contribution in [2.75, 3.05) is 6.54 Å². The molecule has 0 radical (unpaired) electrons. The monoisotopic (exact) mass is 463 g/mol. The molecular weight excluding hydrogens is 442 g/mol. The predicted octanol–water partition coefficient (Wildman–Crippen LogP) is 5.97. The van der Waals surface area contributed by atoms with Gasteiger partial charge in [-0.05, 0) is 55.3 Å². The normalized spacial score (nSPS) is 17.6. The number of carbonyl (C=O) groups excluding carboxylic acids is 1. The molecular formula is C25H22ClN3O2S. The smallest absolute Gasteiger partial charge is 0.242 e. The van der Waals surface area contributed by atoms with E-state index in [9.17, 15) is 4.79 Å². The summed E-state index contributed by atoms with van der Waals surface area (Å²) in [5.74, 6) is 1.31. The molecule has 0 aliphatic carbocycles. The predicted molar refractivity (Wildman–Crippen MR) is 132 cm³/mol. The molecule has 0 saturated carbocycles. The maximum absolute atomic E-state index is 12.9. The van der Waals surface area contributed by atoms with Gasteiger partial charge in [0.05, 0.1) is 11.5 Å². The van der Waals surface area contributed by atoms with Crippen LogP contribution in [0.2, 0.25) is 5.02 Å². The molecule has 3 aromatic rings. The largest absolute Gasteiger partial charge is 0.455 e. The van der Waals surface area contributed by atoms with E-state index in [2.05, 4.69) is 41.0 Å². The van der Waals surface area contributed by atoms with Crippen LogP contribution in [0.3, 0.4) is 0 Å². The average molecular weight is 464 g/mol. The number of aryl methyl sites for hydroxylation is 1. The van der Waals surface area contributed by atoms with Gasteiger partial charge in [0, 0.05) is 17.1 Å². The molecule has 1 amide bonds. The van der Waals surface area contributed by atoms with Crippen LogP contribution in [0.25, 0.3) is 11.3 Å². The summed E-state index contributed by atoms with van der Waals surface area (Å²) in [5.41, 5.74) is 3.24. The van der Waals surface area contributed by atoms with E-state index in [-0.39, 0.29) is 11.2 Å². The van der Waals surface area contributed by atoms with Gasteiger partial charge in [-0.15, -0.1) is 11.7 Å². The molecule has 1 aliphatic rings. The van der Waals surface area contributed by atoms with E-state index in [0.29, 0.717) is 34.7 Å². The highest BCUT2D eigenvalue weighted by molar-refractivity contribution is 8.15. The number of benzene rings is 2. The van der Waals surface area contributed by atoms with Crippen molar-refractivity contribution in [2.45, 2.75) is 18.6 Å². The molecule has 162 valence electrons. The fraction of sp³-hybridized carbons (Fsp3) is 0.160. The van der Waals surface area contributed by atoms with E-state index in [0.717, 1.165) is 11.1 Å². The van der Waals surface area contributed by atoms with Crippen LogP contribution in [-0.2, 0) is 11.2 Å². The first-order chi connectivity index (χ1) is 15.5. The van der Waals surface area contributed by atoms with Crippen molar-refractivity contribution in [1.82, 2.24) is 4.90 Å². The quantitative estimate of drug-likeness (QED) is 0.246. The number of amidine groups is 1. The minimum Gasteiger partial charge on any atom is -0.455 e. The molecule has 0 bridgehead atoms. The summed E-state index contributed by atoms with van der Waals surface area (Å²) in [6.45, 7) is 6.20. The fourth-order valence-electron chi connectivity index (χ4n) is 3.28. The van der Waals surface area contributed by atoms with E-state index in [4.69, 9.17) is 16.0 Å². The van der Waals surface area contributed by atoms with Gasteiger partial charge in [0.2, 0.25) is 5.91 Å². The Morgan fingerprint density at radius 3 is 2.59 bits per heavy atom. The SMILES string of the molecule is C=CCN1C(=O)[C@@H](Cc2ccc(C)cc2)S/C1=N/N=C\c1ccc(-c2ccc(Cl)cc2)o1. The summed E-state index contributed by atoms with van der Waals surface area (Å²) >= 11 is 7.36. The van der Waals surface area contributed by atoms with Crippen LogP contribution in [0, 0.1) is 6.92 Å². The number of amides is 1. The molecule has 0 N–H and O–H groups in total. The molecule has 4 rings (SSSR count). The number of thioether (sulfide) groups is 1. The summed E-state index contributed by atoms with van der Waals surface area (Å²) in [5, 5.41) is 9.47. The number of hydrogen-bond donors (Lipinski definition) is 0. The number of rotatable bonds is 7. The topological polar surface area (TPSA) is 58.2 Å². The summed E-state index contributed by atoms with van der Waals surface area (Å²) in [4.78, 5) is 14.5. The standard InChI is InChI=1S/C25H22ClN3O2S/c1-3-14-29-24(30)23(15-18-6-4-17(2)5-7-18)32-25(29)28-27-16-21-12-13-22(31-21)19-8-10-20(26)11-9-19/h3-13,16,23H,1,14-15H2,2H3/b27-16-,28-25+/t23-/m1/s1. The number of furan rings is 1. The van der Waals surface area contributed by atoms with Crippen molar-refractivity contribution in [3.63, 3.8) is 0 Å². The van der Waals surface area contributed by atoms with Crippen LogP contribution in [-0.4, -0.2) is 34.0 Å². The number of nitrogens with zero attached hydrogens (tertiary/aromatic N) is 3. The number of halogens is 1. The molecule has 1 aliphatic heterocycles.